The third-order valence-corrected chi connectivity index (χ3v) is 3.41. The van der Waals surface area contributed by atoms with Crippen molar-refractivity contribution in [1.29, 1.82) is 0 Å². The van der Waals surface area contributed by atoms with Gasteiger partial charge < -0.3 is 4.84 Å². The van der Waals surface area contributed by atoms with Crippen LogP contribution in [0.2, 0.25) is 0 Å². The summed E-state index contributed by atoms with van der Waals surface area (Å²) in [4.78, 5) is 9.77. The molecule has 2 saturated heterocycles. The zero-order valence-electron chi connectivity index (χ0n) is 8.82. The van der Waals surface area contributed by atoms with E-state index in [2.05, 4.69) is 14.6 Å². The SMILES string of the molecule is NOCCN1CCCN2CCCC2C1. The number of rotatable bonds is 3. The van der Waals surface area contributed by atoms with Gasteiger partial charge in [-0.15, -0.1) is 0 Å². The van der Waals surface area contributed by atoms with E-state index in [-0.39, 0.29) is 0 Å². The molecule has 0 radical (unpaired) electrons. The molecule has 2 fully saturated rings. The maximum absolute atomic E-state index is 5.05. The second-order valence-corrected chi connectivity index (χ2v) is 4.36. The van der Waals surface area contributed by atoms with Crippen LogP contribution in [0.4, 0.5) is 0 Å². The fourth-order valence-corrected chi connectivity index (χ4v) is 2.67. The van der Waals surface area contributed by atoms with Crippen LogP contribution in [0.3, 0.4) is 0 Å². The van der Waals surface area contributed by atoms with Crippen LogP contribution in [-0.4, -0.2) is 55.2 Å². The molecule has 0 aromatic rings. The highest BCUT2D eigenvalue weighted by Crippen LogP contribution is 2.20. The van der Waals surface area contributed by atoms with E-state index in [0.717, 1.165) is 12.6 Å². The molecule has 14 heavy (non-hydrogen) atoms. The Bertz CT molecular complexity index is 175. The van der Waals surface area contributed by atoms with Gasteiger partial charge >= 0.3 is 0 Å². The van der Waals surface area contributed by atoms with E-state index in [0.29, 0.717) is 6.61 Å². The molecular formula is C10H21N3O. The van der Waals surface area contributed by atoms with E-state index in [1.165, 1.54) is 45.4 Å². The Morgan fingerprint density at radius 3 is 2.93 bits per heavy atom. The first-order valence-electron chi connectivity index (χ1n) is 5.68. The van der Waals surface area contributed by atoms with Crippen molar-refractivity contribution >= 4 is 0 Å². The smallest absolute Gasteiger partial charge is 0.0806 e. The van der Waals surface area contributed by atoms with Gasteiger partial charge in [-0.05, 0) is 38.9 Å². The van der Waals surface area contributed by atoms with Crippen molar-refractivity contribution in [2.45, 2.75) is 25.3 Å². The predicted molar refractivity (Wildman–Crippen MR) is 55.8 cm³/mol. The molecule has 1 atom stereocenters. The quantitative estimate of drug-likeness (QED) is 0.652. The maximum Gasteiger partial charge on any atom is 0.0806 e. The van der Waals surface area contributed by atoms with Crippen LogP contribution in [0, 0.1) is 0 Å². The summed E-state index contributed by atoms with van der Waals surface area (Å²) < 4.78 is 0. The number of hydrogen-bond donors (Lipinski definition) is 1. The molecule has 2 N–H and O–H groups in total. The molecule has 0 spiro atoms. The van der Waals surface area contributed by atoms with Gasteiger partial charge in [0, 0.05) is 19.1 Å². The molecule has 0 amide bonds. The van der Waals surface area contributed by atoms with Crippen molar-refractivity contribution in [2.24, 2.45) is 5.90 Å². The van der Waals surface area contributed by atoms with E-state index in [9.17, 15) is 0 Å². The molecule has 0 bridgehead atoms. The minimum atomic E-state index is 0.659. The minimum absolute atomic E-state index is 0.659. The van der Waals surface area contributed by atoms with Crippen LogP contribution >= 0.6 is 0 Å². The fraction of sp³-hybridized carbons (Fsp3) is 1.00. The van der Waals surface area contributed by atoms with E-state index in [1.54, 1.807) is 0 Å². The summed E-state index contributed by atoms with van der Waals surface area (Å²) in [5.74, 6) is 5.05. The van der Waals surface area contributed by atoms with Crippen molar-refractivity contribution in [3.05, 3.63) is 0 Å². The lowest BCUT2D eigenvalue weighted by molar-refractivity contribution is 0.102. The molecule has 0 aromatic carbocycles. The number of fused-ring (bicyclic) bond motifs is 1. The normalized spacial score (nSPS) is 30.2. The van der Waals surface area contributed by atoms with Crippen molar-refractivity contribution in [2.75, 3.05) is 39.3 Å². The van der Waals surface area contributed by atoms with Crippen LogP contribution in [-0.2, 0) is 4.84 Å². The van der Waals surface area contributed by atoms with Crippen LogP contribution in [0.25, 0.3) is 0 Å². The largest absolute Gasteiger partial charge is 0.303 e. The van der Waals surface area contributed by atoms with E-state index < -0.39 is 0 Å². The first-order chi connectivity index (χ1) is 6.90. The lowest BCUT2D eigenvalue weighted by atomic mass is 10.2. The Balaban J connectivity index is 1.82. The first kappa shape index (κ1) is 10.4. The van der Waals surface area contributed by atoms with E-state index >= 15 is 0 Å². The van der Waals surface area contributed by atoms with Gasteiger partial charge in [0.05, 0.1) is 6.61 Å². The van der Waals surface area contributed by atoms with Gasteiger partial charge in [-0.25, -0.2) is 5.90 Å². The van der Waals surface area contributed by atoms with Crippen molar-refractivity contribution in [1.82, 2.24) is 9.80 Å². The molecule has 0 saturated carbocycles. The average molecular weight is 199 g/mol. The Morgan fingerprint density at radius 1 is 1.21 bits per heavy atom. The molecule has 0 aliphatic carbocycles. The summed E-state index contributed by atoms with van der Waals surface area (Å²) in [6.45, 7) is 6.66. The molecular weight excluding hydrogens is 178 g/mol. The topological polar surface area (TPSA) is 41.7 Å². The second-order valence-electron chi connectivity index (χ2n) is 4.36. The van der Waals surface area contributed by atoms with Crippen LogP contribution in [0.15, 0.2) is 0 Å². The standard InChI is InChI=1S/C10H21N3O/c11-14-8-7-12-4-2-6-13-5-1-3-10(13)9-12/h10H,1-9,11H2. The average Bonchev–Trinajstić information content (AvgIpc) is 2.54. The first-order valence-corrected chi connectivity index (χ1v) is 5.68. The number of hydrogen-bond acceptors (Lipinski definition) is 4. The van der Waals surface area contributed by atoms with Crippen molar-refractivity contribution < 1.29 is 4.84 Å². The molecule has 2 aliphatic heterocycles. The Kier molecular flexibility index (Phi) is 3.75. The molecule has 2 heterocycles. The molecule has 82 valence electrons. The lowest BCUT2D eigenvalue weighted by Gasteiger charge is -2.25. The van der Waals surface area contributed by atoms with Gasteiger partial charge in [-0.3, -0.25) is 9.80 Å². The predicted octanol–water partition coefficient (Wildman–Crippen LogP) is 0.0468. The summed E-state index contributed by atoms with van der Waals surface area (Å²) in [6.07, 6.45) is 4.05. The summed E-state index contributed by atoms with van der Waals surface area (Å²) in [6, 6.07) is 0.801. The highest BCUT2D eigenvalue weighted by atomic mass is 16.6. The number of nitrogens with two attached hydrogens (primary N) is 1. The molecule has 4 nitrogen and oxygen atoms in total. The molecule has 4 heteroatoms. The second kappa shape index (κ2) is 5.07. The fourth-order valence-electron chi connectivity index (χ4n) is 2.67. The van der Waals surface area contributed by atoms with Crippen LogP contribution in [0.1, 0.15) is 19.3 Å². The van der Waals surface area contributed by atoms with Crippen LogP contribution < -0.4 is 5.90 Å². The summed E-state index contributed by atoms with van der Waals surface area (Å²) in [5.41, 5.74) is 0. The summed E-state index contributed by atoms with van der Waals surface area (Å²) >= 11 is 0. The van der Waals surface area contributed by atoms with Gasteiger partial charge in [0.25, 0.3) is 0 Å². The Morgan fingerprint density at radius 2 is 2.07 bits per heavy atom. The molecule has 1 unspecified atom stereocenters. The van der Waals surface area contributed by atoms with Gasteiger partial charge in [0.1, 0.15) is 0 Å². The lowest BCUT2D eigenvalue weighted by Crippen LogP contribution is -2.38. The zero-order chi connectivity index (χ0) is 9.80. The molecule has 0 aromatic heterocycles. The van der Waals surface area contributed by atoms with Gasteiger partial charge in [-0.2, -0.15) is 0 Å². The van der Waals surface area contributed by atoms with Crippen molar-refractivity contribution in [3.8, 4) is 0 Å². The van der Waals surface area contributed by atoms with E-state index in [1.807, 2.05) is 0 Å². The maximum atomic E-state index is 5.05. The summed E-state index contributed by atoms with van der Waals surface area (Å²) in [7, 11) is 0. The van der Waals surface area contributed by atoms with Gasteiger partial charge in [-0.1, -0.05) is 0 Å². The highest BCUT2D eigenvalue weighted by molar-refractivity contribution is 4.84. The van der Waals surface area contributed by atoms with Gasteiger partial charge in [0.15, 0.2) is 0 Å². The minimum Gasteiger partial charge on any atom is -0.303 e. The van der Waals surface area contributed by atoms with Crippen molar-refractivity contribution in [3.63, 3.8) is 0 Å². The van der Waals surface area contributed by atoms with E-state index in [4.69, 9.17) is 5.90 Å². The Labute approximate surface area is 85.9 Å². The third-order valence-electron chi connectivity index (χ3n) is 3.41. The van der Waals surface area contributed by atoms with Gasteiger partial charge in [0.2, 0.25) is 0 Å². The molecule has 2 aliphatic rings. The third kappa shape index (κ3) is 2.45. The Hall–Kier alpha value is -0.160. The monoisotopic (exact) mass is 199 g/mol. The number of nitrogens with zero attached hydrogens (tertiary/aromatic N) is 2. The highest BCUT2D eigenvalue weighted by Gasteiger charge is 2.28. The zero-order valence-corrected chi connectivity index (χ0v) is 8.82. The summed E-state index contributed by atoms with van der Waals surface area (Å²) in [5, 5.41) is 0. The molecule has 2 rings (SSSR count). The van der Waals surface area contributed by atoms with Crippen LogP contribution in [0.5, 0.6) is 0 Å².